The van der Waals surface area contributed by atoms with Crippen molar-refractivity contribution < 1.29 is 22.7 Å². The Morgan fingerprint density at radius 3 is 2.72 bits per heavy atom. The molecule has 2 saturated heterocycles. The Morgan fingerprint density at radius 1 is 1.31 bits per heavy atom. The van der Waals surface area contributed by atoms with E-state index in [9.17, 15) is 18.0 Å². The molecule has 3 heterocycles. The van der Waals surface area contributed by atoms with Gasteiger partial charge in [-0.25, -0.2) is 9.48 Å². The van der Waals surface area contributed by atoms with Gasteiger partial charge in [0.2, 0.25) is 5.95 Å². The minimum Gasteiger partial charge on any atom is -0.374 e. The van der Waals surface area contributed by atoms with Gasteiger partial charge in [0.05, 0.1) is 17.8 Å². The predicted octanol–water partition coefficient (Wildman–Crippen LogP) is 3.40. The molecule has 0 radical (unpaired) electrons. The molecule has 2 aliphatic heterocycles. The van der Waals surface area contributed by atoms with Gasteiger partial charge in [-0.05, 0) is 30.9 Å². The van der Waals surface area contributed by atoms with Crippen LogP contribution < -0.4 is 5.32 Å². The molecule has 7 nitrogen and oxygen atoms in total. The minimum atomic E-state index is -4.35. The van der Waals surface area contributed by atoms with Crippen LogP contribution >= 0.6 is 0 Å². The number of halogens is 3. The average Bonchev–Trinajstić information content (AvgIpc) is 3.29. The molecule has 1 aromatic heterocycles. The lowest BCUT2D eigenvalue weighted by Crippen LogP contribution is -2.48. The normalized spacial score (nSPS) is 21.5. The van der Waals surface area contributed by atoms with Crippen LogP contribution in [0.4, 0.5) is 23.9 Å². The van der Waals surface area contributed by atoms with Crippen LogP contribution in [-0.4, -0.2) is 51.0 Å². The molecule has 10 heteroatoms. The number of benzene rings is 1. The highest BCUT2D eigenvalue weighted by molar-refractivity contribution is 5.87. The molecule has 1 atom stereocenters. The molecule has 156 valence electrons. The number of urea groups is 1. The van der Waals surface area contributed by atoms with Gasteiger partial charge in [0.15, 0.2) is 0 Å². The summed E-state index contributed by atoms with van der Waals surface area (Å²) in [4.78, 5) is 18.1. The number of hydrogen-bond acceptors (Lipinski definition) is 4. The van der Waals surface area contributed by atoms with Crippen LogP contribution in [0, 0.1) is 0 Å². The molecule has 2 amide bonds. The second kappa shape index (κ2) is 7.33. The van der Waals surface area contributed by atoms with Crippen LogP contribution in [0.1, 0.15) is 36.3 Å². The van der Waals surface area contributed by atoms with Gasteiger partial charge >= 0.3 is 12.2 Å². The lowest BCUT2D eigenvalue weighted by atomic mass is 9.83. The first-order chi connectivity index (χ1) is 13.8. The average molecular weight is 409 g/mol. The summed E-state index contributed by atoms with van der Waals surface area (Å²) in [7, 11) is 1.69. The zero-order chi connectivity index (χ0) is 20.6. The molecule has 1 unspecified atom stereocenters. The van der Waals surface area contributed by atoms with Gasteiger partial charge in [-0.15, -0.1) is 0 Å². The zero-order valence-electron chi connectivity index (χ0n) is 15.9. The van der Waals surface area contributed by atoms with Gasteiger partial charge in [0.1, 0.15) is 6.33 Å². The van der Waals surface area contributed by atoms with E-state index in [1.807, 2.05) is 0 Å². The molecule has 29 heavy (non-hydrogen) atoms. The number of rotatable bonds is 2. The SMILES string of the molecule is Cn1ncnc1NC(=O)N1CCC2(CC1)CC(c1cccc(C(F)(F)F)c1)CO2. The van der Waals surface area contributed by atoms with Gasteiger partial charge in [-0.3, -0.25) is 5.32 Å². The summed E-state index contributed by atoms with van der Waals surface area (Å²) in [6, 6.07) is 5.23. The van der Waals surface area contributed by atoms with E-state index in [0.717, 1.165) is 6.07 Å². The Hall–Kier alpha value is -2.62. The first-order valence-corrected chi connectivity index (χ1v) is 9.47. The highest BCUT2D eigenvalue weighted by Crippen LogP contribution is 2.43. The smallest absolute Gasteiger partial charge is 0.374 e. The summed E-state index contributed by atoms with van der Waals surface area (Å²) in [5, 5.41) is 6.64. The summed E-state index contributed by atoms with van der Waals surface area (Å²) in [6.07, 6.45) is -1.04. The van der Waals surface area contributed by atoms with Crippen molar-refractivity contribution in [1.82, 2.24) is 19.7 Å². The number of hydrogen-bond donors (Lipinski definition) is 1. The lowest BCUT2D eigenvalue weighted by molar-refractivity contribution is -0.137. The highest BCUT2D eigenvalue weighted by atomic mass is 19.4. The van der Waals surface area contributed by atoms with Crippen LogP contribution in [-0.2, 0) is 18.0 Å². The van der Waals surface area contributed by atoms with Crippen molar-refractivity contribution in [3.8, 4) is 0 Å². The molecule has 4 rings (SSSR count). The number of aromatic nitrogens is 3. The standard InChI is InChI=1S/C19H22F3N5O2/c1-26-16(23-12-24-26)25-17(28)27-7-5-18(6-8-27)10-14(11-29-18)13-3-2-4-15(9-13)19(20,21)22/h2-4,9,12,14H,5-8,10-11H2,1H3,(H,23,24,25,28). The number of ether oxygens (including phenoxy) is 1. The Bertz CT molecular complexity index is 890. The molecule has 1 spiro atoms. The Labute approximate surface area is 165 Å². The molecular formula is C19H22F3N5O2. The zero-order valence-corrected chi connectivity index (χ0v) is 15.9. The van der Waals surface area contributed by atoms with Crippen LogP contribution in [0.2, 0.25) is 0 Å². The molecule has 2 fully saturated rings. The molecular weight excluding hydrogens is 387 g/mol. The number of nitrogens with zero attached hydrogens (tertiary/aromatic N) is 4. The summed E-state index contributed by atoms with van der Waals surface area (Å²) in [5.74, 6) is 0.299. The minimum absolute atomic E-state index is 0.0729. The number of piperidine rings is 1. The molecule has 1 N–H and O–H groups in total. The third-order valence-electron chi connectivity index (χ3n) is 5.79. The van der Waals surface area contributed by atoms with Crippen molar-refractivity contribution in [3.05, 3.63) is 41.7 Å². The first-order valence-electron chi connectivity index (χ1n) is 9.47. The van der Waals surface area contributed by atoms with Crippen LogP contribution in [0.25, 0.3) is 0 Å². The lowest BCUT2D eigenvalue weighted by Gasteiger charge is -2.38. The van der Waals surface area contributed by atoms with Crippen molar-refractivity contribution in [3.63, 3.8) is 0 Å². The van der Waals surface area contributed by atoms with Gasteiger partial charge in [0.25, 0.3) is 0 Å². The highest BCUT2D eigenvalue weighted by Gasteiger charge is 2.44. The molecule has 0 bridgehead atoms. The van der Waals surface area contributed by atoms with Crippen LogP contribution in [0.5, 0.6) is 0 Å². The maximum Gasteiger partial charge on any atom is 0.416 e. The maximum atomic E-state index is 13.0. The Balaban J connectivity index is 1.36. The van der Waals surface area contributed by atoms with Crippen molar-refractivity contribution in [2.24, 2.45) is 7.05 Å². The largest absolute Gasteiger partial charge is 0.416 e. The Morgan fingerprint density at radius 2 is 2.07 bits per heavy atom. The second-order valence-corrected chi connectivity index (χ2v) is 7.64. The van der Waals surface area contributed by atoms with Gasteiger partial charge < -0.3 is 9.64 Å². The monoisotopic (exact) mass is 409 g/mol. The van der Waals surface area contributed by atoms with Gasteiger partial charge in [0, 0.05) is 26.1 Å². The van der Waals surface area contributed by atoms with E-state index in [0.29, 0.717) is 50.5 Å². The van der Waals surface area contributed by atoms with Gasteiger partial charge in [-0.1, -0.05) is 18.2 Å². The van der Waals surface area contributed by atoms with E-state index < -0.39 is 11.7 Å². The third-order valence-corrected chi connectivity index (χ3v) is 5.79. The number of nitrogens with one attached hydrogen (secondary N) is 1. The topological polar surface area (TPSA) is 72.3 Å². The van der Waals surface area contributed by atoms with E-state index in [1.54, 1.807) is 18.0 Å². The van der Waals surface area contributed by atoms with E-state index in [2.05, 4.69) is 15.4 Å². The fraction of sp³-hybridized carbons (Fsp3) is 0.526. The van der Waals surface area contributed by atoms with E-state index in [1.165, 1.54) is 23.1 Å². The number of alkyl halides is 3. The molecule has 0 aliphatic carbocycles. The number of carbonyl (C=O) groups excluding carboxylic acids is 1. The third kappa shape index (κ3) is 4.07. The van der Waals surface area contributed by atoms with Crippen molar-refractivity contribution in [2.75, 3.05) is 25.0 Å². The van der Waals surface area contributed by atoms with Crippen LogP contribution in [0.15, 0.2) is 30.6 Å². The quantitative estimate of drug-likeness (QED) is 0.825. The molecule has 2 aromatic rings. The van der Waals surface area contributed by atoms with E-state index >= 15 is 0 Å². The molecule has 0 saturated carbocycles. The number of likely N-dealkylation sites (tertiary alicyclic amines) is 1. The van der Waals surface area contributed by atoms with Crippen molar-refractivity contribution in [2.45, 2.75) is 37.0 Å². The summed E-state index contributed by atoms with van der Waals surface area (Å²) in [6.45, 7) is 1.42. The van der Waals surface area contributed by atoms with E-state index in [4.69, 9.17) is 4.74 Å². The van der Waals surface area contributed by atoms with Crippen LogP contribution in [0.3, 0.4) is 0 Å². The van der Waals surface area contributed by atoms with E-state index in [-0.39, 0.29) is 17.6 Å². The second-order valence-electron chi connectivity index (χ2n) is 7.64. The number of anilines is 1. The fourth-order valence-electron chi connectivity index (χ4n) is 4.08. The predicted molar refractivity (Wildman–Crippen MR) is 98.3 cm³/mol. The molecule has 2 aliphatic rings. The number of carbonyl (C=O) groups is 1. The number of amides is 2. The van der Waals surface area contributed by atoms with Crippen molar-refractivity contribution in [1.29, 1.82) is 0 Å². The first kappa shape index (κ1) is 19.7. The summed E-state index contributed by atoms with van der Waals surface area (Å²) < 4.78 is 46.5. The summed E-state index contributed by atoms with van der Waals surface area (Å²) >= 11 is 0. The number of aryl methyl sites for hydroxylation is 1. The van der Waals surface area contributed by atoms with Crippen molar-refractivity contribution >= 4 is 12.0 Å². The summed E-state index contributed by atoms with van der Waals surface area (Å²) in [5.41, 5.74) is -0.370. The fourth-order valence-corrected chi connectivity index (χ4v) is 4.08. The Kier molecular flexibility index (Phi) is 4.97. The molecule has 1 aromatic carbocycles. The van der Waals surface area contributed by atoms with Gasteiger partial charge in [-0.2, -0.15) is 23.3 Å². The maximum absolute atomic E-state index is 13.0.